The topological polar surface area (TPSA) is 89.9 Å². The number of phenolic OH excluding ortho intramolecular Hbond substituents is 2. The van der Waals surface area contributed by atoms with Gasteiger partial charge >= 0.3 is 0 Å². The van der Waals surface area contributed by atoms with Crippen LogP contribution >= 0.6 is 0 Å². The largest absolute Gasteiger partial charge is 0.507 e. The van der Waals surface area contributed by atoms with Gasteiger partial charge in [0.2, 0.25) is 0 Å². The zero-order valence-corrected chi connectivity index (χ0v) is 17.7. The van der Waals surface area contributed by atoms with E-state index in [0.29, 0.717) is 37.3 Å². The van der Waals surface area contributed by atoms with Gasteiger partial charge in [0.05, 0.1) is 26.2 Å². The van der Waals surface area contributed by atoms with Crippen molar-refractivity contribution in [2.75, 3.05) is 26.2 Å². The molecule has 32 heavy (non-hydrogen) atoms. The second-order valence-corrected chi connectivity index (χ2v) is 6.89. The first-order valence-electron chi connectivity index (χ1n) is 10.4. The van der Waals surface area contributed by atoms with Crippen LogP contribution in [-0.2, 0) is 0 Å². The Kier molecular flexibility index (Phi) is 8.90. The highest BCUT2D eigenvalue weighted by Gasteiger charge is 1.97. The highest BCUT2D eigenvalue weighted by molar-refractivity contribution is 5.94. The maximum absolute atomic E-state index is 9.72. The van der Waals surface area contributed by atoms with Crippen LogP contribution in [0.1, 0.15) is 22.3 Å². The van der Waals surface area contributed by atoms with Crippen molar-refractivity contribution in [1.82, 2.24) is 0 Å². The standard InChI is InChI=1S/C26H26N4O2/c31-25-11-5-3-9-23(25)19-29-15-13-27-17-21-7-1-2-8-22(21)18-28-14-16-30-20-24-10-4-6-12-26(24)32/h1-12,17-20,31-32H,13-16H2. The van der Waals surface area contributed by atoms with Crippen molar-refractivity contribution in [2.45, 2.75) is 0 Å². The quantitative estimate of drug-likeness (QED) is 0.376. The number of nitrogens with zero attached hydrogens (tertiary/aromatic N) is 4. The first-order chi connectivity index (χ1) is 15.7. The van der Waals surface area contributed by atoms with Crippen LogP contribution in [0, 0.1) is 0 Å². The van der Waals surface area contributed by atoms with E-state index in [4.69, 9.17) is 0 Å². The molecule has 0 bridgehead atoms. The molecule has 3 aromatic rings. The number of hydrogen-bond acceptors (Lipinski definition) is 6. The Labute approximate surface area is 188 Å². The Morgan fingerprint density at radius 2 is 0.719 bits per heavy atom. The molecule has 0 spiro atoms. The lowest BCUT2D eigenvalue weighted by Crippen LogP contribution is -1.96. The fourth-order valence-electron chi connectivity index (χ4n) is 2.82. The third kappa shape index (κ3) is 7.32. The average Bonchev–Trinajstić information content (AvgIpc) is 2.81. The molecule has 0 fully saturated rings. The maximum atomic E-state index is 9.72. The summed E-state index contributed by atoms with van der Waals surface area (Å²) in [5, 5.41) is 19.4. The summed E-state index contributed by atoms with van der Waals surface area (Å²) in [7, 11) is 0. The van der Waals surface area contributed by atoms with E-state index < -0.39 is 0 Å². The first-order valence-corrected chi connectivity index (χ1v) is 10.4. The third-order valence-electron chi connectivity index (χ3n) is 4.51. The molecular formula is C26H26N4O2. The lowest BCUT2D eigenvalue weighted by molar-refractivity contribution is 0.474. The van der Waals surface area contributed by atoms with Gasteiger partial charge in [0.25, 0.3) is 0 Å². The Morgan fingerprint density at radius 1 is 0.438 bits per heavy atom. The Morgan fingerprint density at radius 3 is 1.06 bits per heavy atom. The van der Waals surface area contributed by atoms with E-state index in [1.165, 1.54) is 0 Å². The number of hydrogen-bond donors (Lipinski definition) is 2. The van der Waals surface area contributed by atoms with Crippen LogP contribution in [0.2, 0.25) is 0 Å². The van der Waals surface area contributed by atoms with Gasteiger partial charge in [-0.2, -0.15) is 0 Å². The van der Waals surface area contributed by atoms with Gasteiger partial charge in [-0.05, 0) is 24.3 Å². The van der Waals surface area contributed by atoms with Crippen LogP contribution in [0.5, 0.6) is 11.5 Å². The minimum atomic E-state index is 0.219. The summed E-state index contributed by atoms with van der Waals surface area (Å²) in [6, 6.07) is 22.1. The molecule has 6 heteroatoms. The van der Waals surface area contributed by atoms with E-state index in [-0.39, 0.29) is 11.5 Å². The fraction of sp³-hybridized carbons (Fsp3) is 0.154. The zero-order chi connectivity index (χ0) is 22.4. The summed E-state index contributed by atoms with van der Waals surface area (Å²) in [5.41, 5.74) is 3.36. The summed E-state index contributed by atoms with van der Waals surface area (Å²) < 4.78 is 0. The van der Waals surface area contributed by atoms with E-state index >= 15 is 0 Å². The van der Waals surface area contributed by atoms with Crippen molar-refractivity contribution in [3.8, 4) is 11.5 Å². The molecule has 0 aliphatic heterocycles. The van der Waals surface area contributed by atoms with E-state index in [1.54, 1.807) is 36.7 Å². The van der Waals surface area contributed by atoms with Crippen molar-refractivity contribution >= 4 is 24.9 Å². The molecule has 0 radical (unpaired) electrons. The van der Waals surface area contributed by atoms with Crippen molar-refractivity contribution in [2.24, 2.45) is 20.0 Å². The highest BCUT2D eigenvalue weighted by Crippen LogP contribution is 2.13. The fourth-order valence-corrected chi connectivity index (χ4v) is 2.82. The molecule has 0 aromatic heterocycles. The summed E-state index contributed by atoms with van der Waals surface area (Å²) in [5.74, 6) is 0.439. The van der Waals surface area contributed by atoms with E-state index in [1.807, 2.05) is 61.0 Å². The van der Waals surface area contributed by atoms with Gasteiger partial charge in [0.1, 0.15) is 11.5 Å². The maximum Gasteiger partial charge on any atom is 0.124 e. The molecule has 3 rings (SSSR count). The second kappa shape index (κ2) is 12.6. The Bertz CT molecular complexity index is 1030. The van der Waals surface area contributed by atoms with E-state index in [0.717, 1.165) is 11.1 Å². The van der Waals surface area contributed by atoms with Crippen LogP contribution < -0.4 is 0 Å². The molecule has 0 saturated heterocycles. The van der Waals surface area contributed by atoms with Gasteiger partial charge in [0.15, 0.2) is 0 Å². The Hall–Kier alpha value is -4.06. The van der Waals surface area contributed by atoms with E-state index in [2.05, 4.69) is 20.0 Å². The molecule has 0 amide bonds. The number of aromatic hydroxyl groups is 2. The summed E-state index contributed by atoms with van der Waals surface area (Å²) in [6.45, 7) is 2.18. The lowest BCUT2D eigenvalue weighted by Gasteiger charge is -2.00. The third-order valence-corrected chi connectivity index (χ3v) is 4.51. The van der Waals surface area contributed by atoms with Crippen LogP contribution in [0.4, 0.5) is 0 Å². The number of aliphatic imine (C=N–C) groups is 4. The van der Waals surface area contributed by atoms with Crippen LogP contribution in [0.3, 0.4) is 0 Å². The number of benzene rings is 3. The van der Waals surface area contributed by atoms with Crippen molar-refractivity contribution in [1.29, 1.82) is 0 Å². The molecule has 6 nitrogen and oxygen atoms in total. The zero-order valence-electron chi connectivity index (χ0n) is 17.7. The molecule has 162 valence electrons. The SMILES string of the molecule is Oc1ccccc1C=NCCN=Cc1ccccc1C=NCCN=Cc1ccccc1O. The smallest absolute Gasteiger partial charge is 0.124 e. The summed E-state index contributed by atoms with van der Waals surface area (Å²) in [4.78, 5) is 17.5. The minimum Gasteiger partial charge on any atom is -0.507 e. The summed E-state index contributed by atoms with van der Waals surface area (Å²) in [6.07, 6.45) is 6.97. The van der Waals surface area contributed by atoms with Crippen molar-refractivity contribution in [3.05, 3.63) is 95.1 Å². The molecule has 2 N–H and O–H groups in total. The molecule has 0 atom stereocenters. The number of rotatable bonds is 10. The number of phenols is 2. The van der Waals surface area contributed by atoms with Crippen LogP contribution in [0.25, 0.3) is 0 Å². The number of para-hydroxylation sites is 2. The molecule has 0 aliphatic carbocycles. The highest BCUT2D eigenvalue weighted by atomic mass is 16.3. The van der Waals surface area contributed by atoms with Gasteiger partial charge in [-0.15, -0.1) is 0 Å². The predicted octanol–water partition coefficient (Wildman–Crippen LogP) is 4.17. The molecule has 0 heterocycles. The van der Waals surface area contributed by atoms with Crippen LogP contribution in [0.15, 0.2) is 92.8 Å². The van der Waals surface area contributed by atoms with Gasteiger partial charge in [-0.25, -0.2) is 0 Å². The molecule has 3 aromatic carbocycles. The second-order valence-electron chi connectivity index (χ2n) is 6.89. The van der Waals surface area contributed by atoms with E-state index in [9.17, 15) is 10.2 Å². The average molecular weight is 427 g/mol. The monoisotopic (exact) mass is 426 g/mol. The van der Waals surface area contributed by atoms with Crippen LogP contribution in [-0.4, -0.2) is 61.3 Å². The van der Waals surface area contributed by atoms with Gasteiger partial charge in [-0.3, -0.25) is 20.0 Å². The van der Waals surface area contributed by atoms with Gasteiger partial charge in [0, 0.05) is 47.1 Å². The molecular weight excluding hydrogens is 400 g/mol. The summed E-state index contributed by atoms with van der Waals surface area (Å²) >= 11 is 0. The molecule has 0 unspecified atom stereocenters. The Balaban J connectivity index is 1.46. The molecule has 0 saturated carbocycles. The minimum absolute atomic E-state index is 0.219. The first kappa shape index (κ1) is 22.6. The normalized spacial score (nSPS) is 12.0. The lowest BCUT2D eigenvalue weighted by atomic mass is 10.1. The van der Waals surface area contributed by atoms with Crippen molar-refractivity contribution < 1.29 is 10.2 Å². The van der Waals surface area contributed by atoms with Gasteiger partial charge < -0.3 is 10.2 Å². The predicted molar refractivity (Wildman–Crippen MR) is 132 cm³/mol. The van der Waals surface area contributed by atoms with Crippen molar-refractivity contribution in [3.63, 3.8) is 0 Å². The molecule has 0 aliphatic rings. The van der Waals surface area contributed by atoms with Gasteiger partial charge in [-0.1, -0.05) is 48.5 Å².